The molecule has 0 fully saturated rings. The lowest BCUT2D eigenvalue weighted by Gasteiger charge is -1.97. The molecule has 4 nitrogen and oxygen atoms in total. The van der Waals surface area contributed by atoms with E-state index in [-0.39, 0.29) is 15.4 Å². The first-order valence-electron chi connectivity index (χ1n) is 3.61. The van der Waals surface area contributed by atoms with E-state index in [2.05, 4.69) is 25.3 Å². The fourth-order valence-corrected chi connectivity index (χ4v) is 1.46. The van der Waals surface area contributed by atoms with Crippen molar-refractivity contribution in [2.75, 3.05) is 0 Å². The zero-order chi connectivity index (χ0) is 10.3. The van der Waals surface area contributed by atoms with Gasteiger partial charge < -0.3 is 4.42 Å². The van der Waals surface area contributed by atoms with Gasteiger partial charge in [0.1, 0.15) is 5.39 Å². The number of aromatic nitrogens is 1. The smallest absolute Gasteiger partial charge is 0.372 e. The minimum Gasteiger partial charge on any atom is -0.372 e. The van der Waals surface area contributed by atoms with E-state index in [1.807, 2.05) is 0 Å². The van der Waals surface area contributed by atoms with Gasteiger partial charge in [-0.2, -0.15) is 0 Å². The first-order chi connectivity index (χ1) is 6.59. The molecule has 1 aromatic heterocycles. The first kappa shape index (κ1) is 9.14. The van der Waals surface area contributed by atoms with Gasteiger partial charge in [0, 0.05) is 0 Å². The van der Waals surface area contributed by atoms with E-state index < -0.39 is 17.2 Å². The summed E-state index contributed by atoms with van der Waals surface area (Å²) in [5, 5.41) is -0.265. The van der Waals surface area contributed by atoms with Crippen molar-refractivity contribution in [3.8, 4) is 0 Å². The number of fused-ring (bicyclic) bond motifs is 1. The van der Waals surface area contributed by atoms with Gasteiger partial charge in [0.05, 0.1) is 9.99 Å². The van der Waals surface area contributed by atoms with Gasteiger partial charge in [-0.05, 0) is 28.1 Å². The molecule has 0 aliphatic heterocycles. The van der Waals surface area contributed by atoms with Crippen molar-refractivity contribution in [2.24, 2.45) is 0 Å². The van der Waals surface area contributed by atoms with Crippen LogP contribution >= 0.6 is 15.9 Å². The van der Waals surface area contributed by atoms with Crippen LogP contribution in [0.15, 0.2) is 30.6 Å². The van der Waals surface area contributed by atoms with Gasteiger partial charge in [-0.15, -0.1) is 0 Å². The van der Waals surface area contributed by atoms with Crippen molar-refractivity contribution in [3.05, 3.63) is 43.4 Å². The van der Waals surface area contributed by atoms with E-state index in [0.717, 1.165) is 0 Å². The van der Waals surface area contributed by atoms with Crippen molar-refractivity contribution in [3.63, 3.8) is 0 Å². The second-order valence-electron chi connectivity index (χ2n) is 2.59. The van der Waals surface area contributed by atoms with E-state index in [1.54, 1.807) is 0 Å². The summed E-state index contributed by atoms with van der Waals surface area (Å²) in [7, 11) is 0. The lowest BCUT2D eigenvalue weighted by molar-refractivity contribution is 0.456. The second kappa shape index (κ2) is 3.06. The van der Waals surface area contributed by atoms with Crippen LogP contribution < -0.4 is 11.4 Å². The molecule has 2 aromatic rings. The van der Waals surface area contributed by atoms with E-state index in [0.29, 0.717) is 0 Å². The van der Waals surface area contributed by atoms with Gasteiger partial charge in [-0.1, -0.05) is 0 Å². The molecule has 0 atom stereocenters. The Morgan fingerprint density at radius 3 is 2.79 bits per heavy atom. The van der Waals surface area contributed by atoms with E-state index in [1.165, 1.54) is 12.1 Å². The summed E-state index contributed by atoms with van der Waals surface area (Å²) in [4.78, 5) is 24.1. The summed E-state index contributed by atoms with van der Waals surface area (Å²) in [5.74, 6) is -1.64. The molecular formula is C8H3BrFNO3. The van der Waals surface area contributed by atoms with E-state index in [9.17, 15) is 14.0 Å². The normalized spacial score (nSPS) is 10.7. The summed E-state index contributed by atoms with van der Waals surface area (Å²) >= 11 is 2.92. The largest absolute Gasteiger partial charge is 0.419 e. The minimum atomic E-state index is -0.984. The molecule has 0 amide bonds. The third-order valence-electron chi connectivity index (χ3n) is 1.72. The number of nitrogens with one attached hydrogen (secondary N) is 1. The number of hydrogen-bond donors (Lipinski definition) is 1. The number of aromatic amines is 1. The molecule has 0 saturated carbocycles. The van der Waals surface area contributed by atoms with Crippen LogP contribution in [0.3, 0.4) is 0 Å². The maximum atomic E-state index is 13.4. The van der Waals surface area contributed by atoms with Crippen LogP contribution in [0.2, 0.25) is 0 Å². The standard InChI is InChI=1S/C8H3BrFNO3/c9-3-1-2-4-5(6(3)10)7(12)14-8(13)11-4/h1-2H,(H,11,13). The fraction of sp³-hybridized carbons (Fsp3) is 0. The van der Waals surface area contributed by atoms with Gasteiger partial charge in [-0.25, -0.2) is 14.0 Å². The van der Waals surface area contributed by atoms with Gasteiger partial charge in [-0.3, -0.25) is 4.98 Å². The molecule has 1 aromatic carbocycles. The zero-order valence-electron chi connectivity index (χ0n) is 6.64. The minimum absolute atomic E-state index is 0.118. The molecule has 0 spiro atoms. The molecule has 0 aliphatic rings. The molecule has 6 heteroatoms. The third kappa shape index (κ3) is 1.27. The molecule has 72 valence electrons. The SMILES string of the molecule is O=c1[nH]c2ccc(Br)c(F)c2c(=O)o1. The Kier molecular flexibility index (Phi) is 1.99. The van der Waals surface area contributed by atoms with Crippen molar-refractivity contribution < 1.29 is 8.81 Å². The molecule has 0 radical (unpaired) electrons. The van der Waals surface area contributed by atoms with Gasteiger partial charge >= 0.3 is 11.4 Å². The lowest BCUT2D eigenvalue weighted by atomic mass is 10.2. The highest BCUT2D eigenvalue weighted by Gasteiger charge is 2.10. The van der Waals surface area contributed by atoms with E-state index in [4.69, 9.17) is 0 Å². The van der Waals surface area contributed by atoms with Crippen LogP contribution in [-0.2, 0) is 0 Å². The molecule has 2 rings (SSSR count). The van der Waals surface area contributed by atoms with E-state index >= 15 is 0 Å². The summed E-state index contributed by atoms with van der Waals surface area (Å²) in [6.07, 6.45) is 0. The van der Waals surface area contributed by atoms with Crippen LogP contribution in [0, 0.1) is 5.82 Å². The highest BCUT2D eigenvalue weighted by Crippen LogP contribution is 2.20. The van der Waals surface area contributed by atoms with Gasteiger partial charge in [0.2, 0.25) is 0 Å². The molecule has 0 saturated heterocycles. The van der Waals surface area contributed by atoms with Crippen LogP contribution in [0.5, 0.6) is 0 Å². The predicted octanol–water partition coefficient (Wildman–Crippen LogP) is 1.38. The quantitative estimate of drug-likeness (QED) is 0.778. The van der Waals surface area contributed by atoms with Crippen LogP contribution in [0.4, 0.5) is 4.39 Å². The average molecular weight is 260 g/mol. The van der Waals surface area contributed by atoms with Crippen molar-refractivity contribution in [2.45, 2.75) is 0 Å². The van der Waals surface area contributed by atoms with Gasteiger partial charge in [0.25, 0.3) is 0 Å². The topological polar surface area (TPSA) is 63.1 Å². The Morgan fingerprint density at radius 2 is 2.07 bits per heavy atom. The third-order valence-corrected chi connectivity index (χ3v) is 2.33. The summed E-state index contributed by atoms with van der Waals surface area (Å²) in [5.41, 5.74) is -0.866. The molecule has 1 heterocycles. The summed E-state index contributed by atoms with van der Waals surface area (Å²) < 4.78 is 17.7. The highest BCUT2D eigenvalue weighted by molar-refractivity contribution is 9.10. The molecule has 0 bridgehead atoms. The summed E-state index contributed by atoms with van der Waals surface area (Å²) in [6, 6.07) is 2.81. The highest BCUT2D eigenvalue weighted by atomic mass is 79.9. The van der Waals surface area contributed by atoms with Crippen molar-refractivity contribution >= 4 is 26.8 Å². The van der Waals surface area contributed by atoms with Crippen LogP contribution in [0.25, 0.3) is 10.9 Å². The van der Waals surface area contributed by atoms with Crippen molar-refractivity contribution in [1.82, 2.24) is 4.98 Å². The Hall–Kier alpha value is -1.43. The molecular weight excluding hydrogens is 257 g/mol. The maximum absolute atomic E-state index is 13.4. The number of halogens is 2. The molecule has 0 unspecified atom stereocenters. The Morgan fingerprint density at radius 1 is 1.36 bits per heavy atom. The number of hydrogen-bond acceptors (Lipinski definition) is 3. The van der Waals surface area contributed by atoms with Crippen molar-refractivity contribution in [1.29, 1.82) is 0 Å². The average Bonchev–Trinajstić information content (AvgIpc) is 2.10. The first-order valence-corrected chi connectivity index (χ1v) is 4.40. The Balaban J connectivity index is 3.11. The summed E-state index contributed by atoms with van der Waals surface area (Å²) in [6.45, 7) is 0. The predicted molar refractivity (Wildman–Crippen MR) is 50.8 cm³/mol. The monoisotopic (exact) mass is 259 g/mol. The zero-order valence-corrected chi connectivity index (χ0v) is 8.22. The number of rotatable bonds is 0. The second-order valence-corrected chi connectivity index (χ2v) is 3.44. The van der Waals surface area contributed by atoms with Crippen LogP contribution in [0.1, 0.15) is 0 Å². The van der Waals surface area contributed by atoms with Gasteiger partial charge in [0.15, 0.2) is 5.82 Å². The maximum Gasteiger partial charge on any atom is 0.419 e. The lowest BCUT2D eigenvalue weighted by Crippen LogP contribution is -2.15. The Bertz CT molecular complexity index is 616. The molecule has 14 heavy (non-hydrogen) atoms. The fourth-order valence-electron chi connectivity index (χ4n) is 1.13. The van der Waals surface area contributed by atoms with Crippen LogP contribution in [-0.4, -0.2) is 4.98 Å². The number of H-pyrrole nitrogens is 1. The number of benzene rings is 1. The molecule has 1 N–H and O–H groups in total. The Labute approximate surface area is 84.5 Å². The molecule has 0 aliphatic carbocycles.